The standard InChI is InChI=1S/C8H8O2S/c1-2-3-8-9-6-4-11-5-7(6)10-8/h3-5H,2H2,1H3. The first-order chi connectivity index (χ1) is 5.40. The first-order valence-electron chi connectivity index (χ1n) is 3.52. The molecule has 0 aliphatic carbocycles. The Kier molecular flexibility index (Phi) is 1.58. The Morgan fingerprint density at radius 2 is 2.00 bits per heavy atom. The molecule has 0 fully saturated rings. The summed E-state index contributed by atoms with van der Waals surface area (Å²) in [6, 6.07) is 0. The van der Waals surface area contributed by atoms with Crippen molar-refractivity contribution in [2.75, 3.05) is 0 Å². The van der Waals surface area contributed by atoms with E-state index < -0.39 is 0 Å². The van der Waals surface area contributed by atoms with Crippen LogP contribution in [-0.4, -0.2) is 0 Å². The molecule has 2 nitrogen and oxygen atoms in total. The number of hydrogen-bond donors (Lipinski definition) is 0. The zero-order valence-electron chi connectivity index (χ0n) is 6.16. The Labute approximate surface area is 69.1 Å². The SMILES string of the molecule is CCC=C1Oc2cscc2O1. The fourth-order valence-electron chi connectivity index (χ4n) is 0.910. The van der Waals surface area contributed by atoms with E-state index in [-0.39, 0.29) is 0 Å². The Hall–Kier alpha value is -0.960. The minimum atomic E-state index is 0.616. The Morgan fingerprint density at radius 3 is 2.55 bits per heavy atom. The highest BCUT2D eigenvalue weighted by atomic mass is 32.1. The fourth-order valence-corrected chi connectivity index (χ4v) is 1.55. The molecule has 0 bridgehead atoms. The molecule has 0 radical (unpaired) electrons. The van der Waals surface area contributed by atoms with Gasteiger partial charge in [-0.2, -0.15) is 0 Å². The Bertz CT molecular complexity index is 266. The van der Waals surface area contributed by atoms with Gasteiger partial charge in [0.25, 0.3) is 5.95 Å². The molecular formula is C8H8O2S. The van der Waals surface area contributed by atoms with Crippen LogP contribution in [0.25, 0.3) is 0 Å². The highest BCUT2D eigenvalue weighted by molar-refractivity contribution is 7.08. The second-order valence-electron chi connectivity index (χ2n) is 2.24. The van der Waals surface area contributed by atoms with Crippen molar-refractivity contribution in [1.29, 1.82) is 0 Å². The number of ether oxygens (including phenoxy) is 2. The van der Waals surface area contributed by atoms with Gasteiger partial charge < -0.3 is 9.47 Å². The summed E-state index contributed by atoms with van der Waals surface area (Å²) in [5.41, 5.74) is 0. The monoisotopic (exact) mass is 168 g/mol. The van der Waals surface area contributed by atoms with Crippen molar-refractivity contribution < 1.29 is 9.47 Å². The summed E-state index contributed by atoms with van der Waals surface area (Å²) in [5, 5.41) is 3.87. The molecule has 0 atom stereocenters. The second-order valence-corrected chi connectivity index (χ2v) is 2.98. The van der Waals surface area contributed by atoms with E-state index in [9.17, 15) is 0 Å². The predicted molar refractivity (Wildman–Crippen MR) is 43.9 cm³/mol. The molecule has 0 N–H and O–H groups in total. The quantitative estimate of drug-likeness (QED) is 0.642. The third-order valence-electron chi connectivity index (χ3n) is 1.38. The average molecular weight is 168 g/mol. The van der Waals surface area contributed by atoms with Crippen molar-refractivity contribution in [3.63, 3.8) is 0 Å². The van der Waals surface area contributed by atoms with Crippen LogP contribution < -0.4 is 9.47 Å². The van der Waals surface area contributed by atoms with Crippen molar-refractivity contribution >= 4 is 11.3 Å². The van der Waals surface area contributed by atoms with Crippen LogP contribution in [0.15, 0.2) is 22.8 Å². The van der Waals surface area contributed by atoms with E-state index in [2.05, 4.69) is 0 Å². The largest absolute Gasteiger partial charge is 0.421 e. The summed E-state index contributed by atoms with van der Waals surface area (Å²) < 4.78 is 10.7. The lowest BCUT2D eigenvalue weighted by Gasteiger charge is -1.94. The average Bonchev–Trinajstić information content (AvgIpc) is 2.46. The molecule has 0 saturated heterocycles. The topological polar surface area (TPSA) is 18.5 Å². The van der Waals surface area contributed by atoms with Crippen LogP contribution in [-0.2, 0) is 0 Å². The van der Waals surface area contributed by atoms with Gasteiger partial charge in [0.2, 0.25) is 0 Å². The summed E-state index contributed by atoms with van der Waals surface area (Å²) in [4.78, 5) is 0. The molecule has 1 aliphatic rings. The van der Waals surface area contributed by atoms with Gasteiger partial charge in [-0.15, -0.1) is 11.3 Å². The van der Waals surface area contributed by atoms with E-state index >= 15 is 0 Å². The molecule has 0 spiro atoms. The molecule has 2 heterocycles. The first kappa shape index (κ1) is 6.73. The zero-order chi connectivity index (χ0) is 7.68. The first-order valence-corrected chi connectivity index (χ1v) is 4.46. The molecule has 1 aromatic rings. The number of fused-ring (bicyclic) bond motifs is 1. The third kappa shape index (κ3) is 1.12. The normalized spacial score (nSPS) is 13.7. The second kappa shape index (κ2) is 2.58. The predicted octanol–water partition coefficient (Wildman–Crippen LogP) is 2.77. The third-order valence-corrected chi connectivity index (χ3v) is 2.09. The summed E-state index contributed by atoms with van der Waals surface area (Å²) in [6.07, 6.45) is 2.85. The van der Waals surface area contributed by atoms with Gasteiger partial charge in [0.1, 0.15) is 0 Å². The molecule has 58 valence electrons. The van der Waals surface area contributed by atoms with E-state index in [0.717, 1.165) is 17.9 Å². The van der Waals surface area contributed by atoms with Gasteiger partial charge in [0, 0.05) is 10.8 Å². The van der Waals surface area contributed by atoms with Gasteiger partial charge in [-0.3, -0.25) is 0 Å². The zero-order valence-corrected chi connectivity index (χ0v) is 6.98. The Balaban J connectivity index is 2.22. The fraction of sp³-hybridized carbons (Fsp3) is 0.250. The lowest BCUT2D eigenvalue weighted by molar-refractivity contribution is 0.285. The van der Waals surface area contributed by atoms with Gasteiger partial charge in [-0.05, 0) is 12.5 Å². The molecule has 0 unspecified atom stereocenters. The molecule has 0 amide bonds. The highest BCUT2D eigenvalue weighted by Gasteiger charge is 2.18. The minimum absolute atomic E-state index is 0.616. The highest BCUT2D eigenvalue weighted by Crippen LogP contribution is 2.39. The van der Waals surface area contributed by atoms with Crippen LogP contribution in [0.1, 0.15) is 13.3 Å². The number of allylic oxidation sites excluding steroid dienone is 1. The maximum atomic E-state index is 5.34. The van der Waals surface area contributed by atoms with Gasteiger partial charge in [-0.25, -0.2) is 0 Å². The van der Waals surface area contributed by atoms with Crippen molar-refractivity contribution in [3.05, 3.63) is 22.8 Å². The molecule has 0 saturated carbocycles. The molecule has 1 aliphatic heterocycles. The summed E-state index contributed by atoms with van der Waals surface area (Å²) in [6.45, 7) is 2.05. The summed E-state index contributed by atoms with van der Waals surface area (Å²) >= 11 is 1.58. The number of hydrogen-bond acceptors (Lipinski definition) is 3. The smallest absolute Gasteiger partial charge is 0.286 e. The van der Waals surface area contributed by atoms with Crippen molar-refractivity contribution in [3.8, 4) is 11.5 Å². The lowest BCUT2D eigenvalue weighted by Crippen LogP contribution is -1.92. The molecule has 11 heavy (non-hydrogen) atoms. The van der Waals surface area contributed by atoms with Crippen molar-refractivity contribution in [2.24, 2.45) is 0 Å². The van der Waals surface area contributed by atoms with Gasteiger partial charge in [0.05, 0.1) is 0 Å². The van der Waals surface area contributed by atoms with Crippen LogP contribution in [0.5, 0.6) is 11.5 Å². The lowest BCUT2D eigenvalue weighted by atomic mass is 10.5. The van der Waals surface area contributed by atoms with E-state index in [1.54, 1.807) is 11.3 Å². The summed E-state index contributed by atoms with van der Waals surface area (Å²) in [5.74, 6) is 2.30. The van der Waals surface area contributed by atoms with Crippen LogP contribution in [0, 0.1) is 0 Å². The Morgan fingerprint density at radius 1 is 1.36 bits per heavy atom. The van der Waals surface area contributed by atoms with E-state index in [4.69, 9.17) is 9.47 Å². The molecule has 3 heteroatoms. The van der Waals surface area contributed by atoms with E-state index in [0.29, 0.717) is 5.95 Å². The van der Waals surface area contributed by atoms with Crippen LogP contribution >= 0.6 is 11.3 Å². The van der Waals surface area contributed by atoms with E-state index in [1.807, 2.05) is 23.8 Å². The van der Waals surface area contributed by atoms with Crippen molar-refractivity contribution in [2.45, 2.75) is 13.3 Å². The van der Waals surface area contributed by atoms with Crippen LogP contribution in [0.4, 0.5) is 0 Å². The van der Waals surface area contributed by atoms with Crippen LogP contribution in [0.3, 0.4) is 0 Å². The number of rotatable bonds is 1. The van der Waals surface area contributed by atoms with Crippen LogP contribution in [0.2, 0.25) is 0 Å². The molecular weight excluding hydrogens is 160 g/mol. The van der Waals surface area contributed by atoms with Crippen molar-refractivity contribution in [1.82, 2.24) is 0 Å². The van der Waals surface area contributed by atoms with Gasteiger partial charge >= 0.3 is 0 Å². The van der Waals surface area contributed by atoms with Gasteiger partial charge in [0.15, 0.2) is 11.5 Å². The molecule has 0 aromatic carbocycles. The minimum Gasteiger partial charge on any atom is -0.421 e. The van der Waals surface area contributed by atoms with Gasteiger partial charge in [-0.1, -0.05) is 6.92 Å². The maximum Gasteiger partial charge on any atom is 0.286 e. The van der Waals surface area contributed by atoms with E-state index in [1.165, 1.54) is 0 Å². The molecule has 1 aromatic heterocycles. The maximum absolute atomic E-state index is 5.34. The number of thiophene rings is 1. The summed E-state index contributed by atoms with van der Waals surface area (Å²) in [7, 11) is 0. The molecule has 2 rings (SSSR count).